The zero-order chi connectivity index (χ0) is 24.9. The zero-order valence-corrected chi connectivity index (χ0v) is 18.8. The number of aromatic nitrogens is 1. The van der Waals surface area contributed by atoms with Gasteiger partial charge in [-0.2, -0.15) is 13.2 Å². The quantitative estimate of drug-likeness (QED) is 0.503. The second-order valence-electron chi connectivity index (χ2n) is 8.21. The standard InChI is InChI=1S/C21H20ClF4N5O2/c1-19(2)17(33)31(4)18(27)30-20(19,3)12-9-10(5-7-13(12)23)28-16(32)15-11(21(24,25)26)6-8-14(22)29-15/h5-9H,1-4H3,(H2,27,30)(H,28,32)/t20-/m1/s1. The lowest BCUT2D eigenvalue weighted by Crippen LogP contribution is -2.58. The molecule has 2 amide bonds. The monoisotopic (exact) mass is 485 g/mol. The molecule has 2 aromatic rings. The van der Waals surface area contributed by atoms with Crippen molar-refractivity contribution in [2.75, 3.05) is 12.4 Å². The van der Waals surface area contributed by atoms with Crippen molar-refractivity contribution >= 4 is 35.1 Å². The molecule has 1 aromatic carbocycles. The van der Waals surface area contributed by atoms with Crippen LogP contribution in [-0.2, 0) is 16.5 Å². The fourth-order valence-electron chi connectivity index (χ4n) is 3.58. The first-order valence-electron chi connectivity index (χ1n) is 9.58. The van der Waals surface area contributed by atoms with E-state index in [1.807, 2.05) is 0 Å². The molecule has 0 unspecified atom stereocenters. The maximum Gasteiger partial charge on any atom is 0.418 e. The van der Waals surface area contributed by atoms with Gasteiger partial charge in [-0.25, -0.2) is 14.4 Å². The summed E-state index contributed by atoms with van der Waals surface area (Å²) in [6.07, 6.45) is -4.85. The number of rotatable bonds is 3. The van der Waals surface area contributed by atoms with Crippen LogP contribution in [0.15, 0.2) is 35.3 Å². The molecule has 1 aliphatic heterocycles. The van der Waals surface area contributed by atoms with Gasteiger partial charge in [0, 0.05) is 18.3 Å². The molecule has 1 atom stereocenters. The van der Waals surface area contributed by atoms with Crippen molar-refractivity contribution in [3.8, 4) is 0 Å². The Hall–Kier alpha value is -3.21. The van der Waals surface area contributed by atoms with Gasteiger partial charge in [-0.05, 0) is 51.1 Å². The van der Waals surface area contributed by atoms with Crippen LogP contribution in [0.2, 0.25) is 5.15 Å². The van der Waals surface area contributed by atoms with Crippen LogP contribution in [0.1, 0.15) is 42.4 Å². The summed E-state index contributed by atoms with van der Waals surface area (Å²) < 4.78 is 54.8. The Morgan fingerprint density at radius 3 is 2.42 bits per heavy atom. The third-order valence-electron chi connectivity index (χ3n) is 5.87. The third kappa shape index (κ3) is 4.12. The number of aliphatic imine (C=N–C) groups is 1. The first-order valence-corrected chi connectivity index (χ1v) is 9.96. The second-order valence-corrected chi connectivity index (χ2v) is 8.60. The number of carbonyl (C=O) groups is 2. The molecule has 33 heavy (non-hydrogen) atoms. The summed E-state index contributed by atoms with van der Waals surface area (Å²) >= 11 is 5.68. The normalized spacial score (nSPS) is 20.5. The summed E-state index contributed by atoms with van der Waals surface area (Å²) in [6, 6.07) is 4.93. The number of carbonyl (C=O) groups excluding carboxylic acids is 2. The second kappa shape index (κ2) is 7.98. The maximum atomic E-state index is 14.9. The minimum Gasteiger partial charge on any atom is -0.369 e. The van der Waals surface area contributed by atoms with E-state index in [2.05, 4.69) is 15.3 Å². The maximum absolute atomic E-state index is 14.9. The molecule has 7 nitrogen and oxygen atoms in total. The Labute approximate surface area is 191 Å². The number of halogens is 5. The van der Waals surface area contributed by atoms with E-state index >= 15 is 0 Å². The van der Waals surface area contributed by atoms with Crippen molar-refractivity contribution < 1.29 is 27.2 Å². The van der Waals surface area contributed by atoms with Gasteiger partial charge in [-0.3, -0.25) is 14.5 Å². The topological polar surface area (TPSA) is 101 Å². The van der Waals surface area contributed by atoms with Gasteiger partial charge in [-0.15, -0.1) is 0 Å². The van der Waals surface area contributed by atoms with Crippen molar-refractivity contribution in [3.63, 3.8) is 0 Å². The van der Waals surface area contributed by atoms with E-state index in [0.717, 1.165) is 23.1 Å². The molecule has 0 fully saturated rings. The molecule has 0 aliphatic carbocycles. The Morgan fingerprint density at radius 2 is 1.82 bits per heavy atom. The van der Waals surface area contributed by atoms with Gasteiger partial charge in [0.2, 0.25) is 5.91 Å². The molecule has 2 heterocycles. The Morgan fingerprint density at radius 1 is 1.18 bits per heavy atom. The van der Waals surface area contributed by atoms with E-state index in [-0.39, 0.29) is 22.4 Å². The van der Waals surface area contributed by atoms with E-state index in [1.54, 1.807) is 13.8 Å². The Balaban J connectivity index is 2.06. The number of nitrogens with zero attached hydrogens (tertiary/aromatic N) is 3. The Kier molecular flexibility index (Phi) is 5.91. The zero-order valence-electron chi connectivity index (χ0n) is 18.0. The van der Waals surface area contributed by atoms with E-state index in [1.165, 1.54) is 20.0 Å². The lowest BCUT2D eigenvalue weighted by molar-refractivity contribution is -0.140. The van der Waals surface area contributed by atoms with Gasteiger partial charge in [-0.1, -0.05) is 11.6 Å². The van der Waals surface area contributed by atoms with Gasteiger partial charge in [0.1, 0.15) is 22.2 Å². The van der Waals surface area contributed by atoms with Gasteiger partial charge in [0.15, 0.2) is 5.96 Å². The highest BCUT2D eigenvalue weighted by atomic mass is 35.5. The summed E-state index contributed by atoms with van der Waals surface area (Å²) in [5, 5.41) is 1.97. The SMILES string of the molecule is CN1C(=O)C(C)(C)[C@@](C)(c2cc(NC(=O)c3nc(Cl)ccc3C(F)(F)F)ccc2F)N=C1N. The fraction of sp³-hybridized carbons (Fsp3) is 0.333. The molecule has 1 aliphatic rings. The molecule has 3 rings (SSSR count). The number of pyridine rings is 1. The minimum absolute atomic E-state index is 0.0385. The van der Waals surface area contributed by atoms with Gasteiger partial charge < -0.3 is 11.1 Å². The number of alkyl halides is 3. The molecule has 0 saturated heterocycles. The molecule has 0 spiro atoms. The number of anilines is 1. The summed E-state index contributed by atoms with van der Waals surface area (Å²) in [5.74, 6) is -2.48. The number of guanidine groups is 1. The first-order chi connectivity index (χ1) is 15.1. The lowest BCUT2D eigenvalue weighted by atomic mass is 9.67. The van der Waals surface area contributed by atoms with E-state index < -0.39 is 46.0 Å². The van der Waals surface area contributed by atoms with Gasteiger partial charge >= 0.3 is 6.18 Å². The van der Waals surface area contributed by atoms with Crippen LogP contribution in [0.25, 0.3) is 0 Å². The van der Waals surface area contributed by atoms with E-state index in [9.17, 15) is 27.2 Å². The van der Waals surface area contributed by atoms with Crippen LogP contribution in [0.3, 0.4) is 0 Å². The predicted octanol–water partition coefficient (Wildman–Crippen LogP) is 4.17. The van der Waals surface area contributed by atoms with Crippen molar-refractivity contribution in [1.29, 1.82) is 0 Å². The molecular weight excluding hydrogens is 466 g/mol. The molecule has 0 saturated carbocycles. The largest absolute Gasteiger partial charge is 0.418 e. The van der Waals surface area contributed by atoms with Crippen LogP contribution >= 0.6 is 11.6 Å². The highest BCUT2D eigenvalue weighted by Crippen LogP contribution is 2.47. The van der Waals surface area contributed by atoms with E-state index in [4.69, 9.17) is 17.3 Å². The predicted molar refractivity (Wildman–Crippen MR) is 114 cm³/mol. The smallest absolute Gasteiger partial charge is 0.369 e. The molecule has 0 radical (unpaired) electrons. The van der Waals surface area contributed by atoms with Crippen molar-refractivity contribution in [1.82, 2.24) is 9.88 Å². The number of hydrogen-bond acceptors (Lipinski definition) is 5. The number of benzene rings is 1. The Bertz CT molecular complexity index is 1180. The van der Waals surface area contributed by atoms with E-state index in [0.29, 0.717) is 6.07 Å². The molecule has 0 bridgehead atoms. The highest BCUT2D eigenvalue weighted by Gasteiger charge is 2.53. The van der Waals surface area contributed by atoms with Crippen LogP contribution in [0.5, 0.6) is 0 Å². The molecule has 12 heteroatoms. The number of hydrogen-bond donors (Lipinski definition) is 2. The third-order valence-corrected chi connectivity index (χ3v) is 6.08. The fourth-order valence-corrected chi connectivity index (χ4v) is 3.72. The van der Waals surface area contributed by atoms with Gasteiger partial charge in [0.25, 0.3) is 5.91 Å². The summed E-state index contributed by atoms with van der Waals surface area (Å²) in [4.78, 5) is 34.4. The lowest BCUT2D eigenvalue weighted by Gasteiger charge is -2.46. The van der Waals surface area contributed by atoms with Crippen LogP contribution < -0.4 is 11.1 Å². The molecular formula is C21H20ClF4N5O2. The van der Waals surface area contributed by atoms with Gasteiger partial charge in [0.05, 0.1) is 11.0 Å². The number of amides is 2. The number of nitrogens with two attached hydrogens (primary N) is 1. The average molecular weight is 486 g/mol. The van der Waals surface area contributed by atoms with Crippen LogP contribution in [0.4, 0.5) is 23.2 Å². The molecule has 1 aromatic heterocycles. The first kappa shape index (κ1) is 24.4. The minimum atomic E-state index is -4.85. The summed E-state index contributed by atoms with van der Waals surface area (Å²) in [5.41, 5.74) is 0.798. The summed E-state index contributed by atoms with van der Waals surface area (Å²) in [6.45, 7) is 4.64. The van der Waals surface area contributed by atoms with Crippen LogP contribution in [0, 0.1) is 11.2 Å². The summed E-state index contributed by atoms with van der Waals surface area (Å²) in [7, 11) is 1.44. The molecule has 3 N–H and O–H groups in total. The molecule has 176 valence electrons. The van der Waals surface area contributed by atoms with Crippen molar-refractivity contribution in [2.45, 2.75) is 32.5 Å². The van der Waals surface area contributed by atoms with Crippen molar-refractivity contribution in [3.05, 3.63) is 58.1 Å². The van der Waals surface area contributed by atoms with Crippen LogP contribution in [-0.4, -0.2) is 34.7 Å². The number of nitrogens with one attached hydrogen (secondary N) is 1. The average Bonchev–Trinajstić information content (AvgIpc) is 2.71. The van der Waals surface area contributed by atoms with Crippen molar-refractivity contribution in [2.24, 2.45) is 16.1 Å². The highest BCUT2D eigenvalue weighted by molar-refractivity contribution is 6.29.